The van der Waals surface area contributed by atoms with E-state index in [1.165, 1.54) is 17.7 Å². The van der Waals surface area contributed by atoms with Crippen molar-refractivity contribution < 1.29 is 9.72 Å². The number of hydrogen-bond acceptors (Lipinski definition) is 5. The second kappa shape index (κ2) is 7.55. The predicted molar refractivity (Wildman–Crippen MR) is 93.2 cm³/mol. The minimum absolute atomic E-state index is 0.00201. The Hall–Kier alpha value is -2.25. The summed E-state index contributed by atoms with van der Waals surface area (Å²) in [6.07, 6.45) is 1.79. The molecule has 0 bridgehead atoms. The van der Waals surface area contributed by atoms with Crippen molar-refractivity contribution in [3.05, 3.63) is 63.0 Å². The Morgan fingerprint density at radius 2 is 1.92 bits per heavy atom. The smallest absolute Gasteiger partial charge is 0.324 e. The summed E-state index contributed by atoms with van der Waals surface area (Å²) in [6.45, 7) is 2.80. The van der Waals surface area contributed by atoms with Gasteiger partial charge in [0.1, 0.15) is 0 Å². The number of rotatable bonds is 5. The van der Waals surface area contributed by atoms with Gasteiger partial charge in [-0.3, -0.25) is 19.8 Å². The monoisotopic (exact) mass is 345 g/mol. The predicted octanol–water partition coefficient (Wildman–Crippen LogP) is 3.05. The van der Waals surface area contributed by atoms with E-state index in [9.17, 15) is 14.9 Å². The van der Waals surface area contributed by atoms with Crippen molar-refractivity contribution in [2.75, 3.05) is 13.1 Å². The number of nitrogens with zero attached hydrogens (tertiary/aromatic N) is 2. The topological polar surface area (TPSA) is 75.5 Å². The van der Waals surface area contributed by atoms with Crippen LogP contribution in [0.15, 0.2) is 42.5 Å². The highest BCUT2D eigenvalue weighted by Crippen LogP contribution is 2.24. The van der Waals surface area contributed by atoms with Gasteiger partial charge in [0.05, 0.1) is 9.80 Å². The van der Waals surface area contributed by atoms with Crippen LogP contribution in [0.2, 0.25) is 0 Å². The summed E-state index contributed by atoms with van der Waals surface area (Å²) in [5.41, 5.74) is 1.30. The zero-order valence-corrected chi connectivity index (χ0v) is 14.0. The Balaban J connectivity index is 1.48. The number of thiophene rings is 1. The first-order chi connectivity index (χ1) is 11.6. The van der Waals surface area contributed by atoms with E-state index in [4.69, 9.17) is 0 Å². The fraction of sp³-hybridized carbons (Fsp3) is 0.353. The van der Waals surface area contributed by atoms with Crippen molar-refractivity contribution in [3.63, 3.8) is 0 Å². The van der Waals surface area contributed by atoms with Crippen LogP contribution in [0.4, 0.5) is 5.00 Å². The second-order valence-corrected chi connectivity index (χ2v) is 6.97. The molecule has 1 amide bonds. The summed E-state index contributed by atoms with van der Waals surface area (Å²) >= 11 is 0.918. The van der Waals surface area contributed by atoms with E-state index in [0.717, 1.165) is 43.8 Å². The third-order valence-electron chi connectivity index (χ3n) is 4.17. The summed E-state index contributed by atoms with van der Waals surface area (Å²) < 4.78 is 0. The molecule has 6 nitrogen and oxygen atoms in total. The van der Waals surface area contributed by atoms with Crippen LogP contribution < -0.4 is 5.32 Å². The quantitative estimate of drug-likeness (QED) is 0.667. The lowest BCUT2D eigenvalue weighted by Gasteiger charge is -2.32. The Bertz CT molecular complexity index is 709. The second-order valence-electron chi connectivity index (χ2n) is 5.90. The van der Waals surface area contributed by atoms with E-state index < -0.39 is 4.92 Å². The van der Waals surface area contributed by atoms with Gasteiger partial charge in [-0.05, 0) is 24.5 Å². The Morgan fingerprint density at radius 3 is 2.54 bits per heavy atom. The number of nitrogens with one attached hydrogen (secondary N) is 1. The lowest BCUT2D eigenvalue weighted by Crippen LogP contribution is -2.44. The maximum atomic E-state index is 12.2. The van der Waals surface area contributed by atoms with Gasteiger partial charge in [0.2, 0.25) is 0 Å². The molecule has 1 aromatic carbocycles. The first-order valence-corrected chi connectivity index (χ1v) is 8.75. The van der Waals surface area contributed by atoms with E-state index in [2.05, 4.69) is 22.3 Å². The number of piperidine rings is 1. The highest BCUT2D eigenvalue weighted by Gasteiger charge is 2.22. The van der Waals surface area contributed by atoms with Crippen LogP contribution in [0.25, 0.3) is 0 Å². The van der Waals surface area contributed by atoms with E-state index in [-0.39, 0.29) is 17.0 Å². The minimum atomic E-state index is -0.469. The number of benzene rings is 1. The molecule has 1 fully saturated rings. The van der Waals surface area contributed by atoms with Crippen molar-refractivity contribution in [1.82, 2.24) is 10.2 Å². The molecule has 0 aliphatic carbocycles. The van der Waals surface area contributed by atoms with Crippen LogP contribution in [0.1, 0.15) is 28.1 Å². The van der Waals surface area contributed by atoms with E-state index in [1.54, 1.807) is 0 Å². The fourth-order valence-corrected chi connectivity index (χ4v) is 3.61. The molecule has 7 heteroatoms. The summed E-state index contributed by atoms with van der Waals surface area (Å²) in [7, 11) is 0. The van der Waals surface area contributed by atoms with Gasteiger partial charge in [-0.2, -0.15) is 0 Å². The molecule has 0 atom stereocenters. The molecule has 0 unspecified atom stereocenters. The van der Waals surface area contributed by atoms with Crippen LogP contribution in [-0.4, -0.2) is 34.9 Å². The molecule has 3 rings (SSSR count). The molecule has 1 N–H and O–H groups in total. The fourth-order valence-electron chi connectivity index (χ4n) is 2.88. The van der Waals surface area contributed by atoms with Gasteiger partial charge < -0.3 is 5.32 Å². The number of carbonyl (C=O) groups excluding carboxylic acids is 1. The third-order valence-corrected chi connectivity index (χ3v) is 5.20. The average Bonchev–Trinajstić information content (AvgIpc) is 3.08. The molecule has 0 saturated carbocycles. The van der Waals surface area contributed by atoms with Crippen LogP contribution in [0.5, 0.6) is 0 Å². The zero-order valence-electron chi connectivity index (χ0n) is 13.2. The first-order valence-electron chi connectivity index (χ1n) is 7.93. The Kier molecular flexibility index (Phi) is 5.22. The van der Waals surface area contributed by atoms with Gasteiger partial charge in [0, 0.05) is 31.7 Å². The van der Waals surface area contributed by atoms with Crippen molar-refractivity contribution in [1.29, 1.82) is 0 Å². The van der Waals surface area contributed by atoms with Crippen LogP contribution in [0, 0.1) is 10.1 Å². The largest absolute Gasteiger partial charge is 0.349 e. The zero-order chi connectivity index (χ0) is 16.9. The molecular formula is C17H19N3O3S. The summed E-state index contributed by atoms with van der Waals surface area (Å²) in [5, 5.41) is 13.7. The van der Waals surface area contributed by atoms with Crippen molar-refractivity contribution >= 4 is 22.2 Å². The number of nitro groups is 1. The maximum Gasteiger partial charge on any atom is 0.324 e. The highest BCUT2D eigenvalue weighted by molar-refractivity contribution is 7.17. The molecule has 1 aliphatic rings. The molecule has 1 aliphatic heterocycles. The summed E-state index contributed by atoms with van der Waals surface area (Å²) in [6, 6.07) is 13.4. The molecular weight excluding hydrogens is 326 g/mol. The number of likely N-dealkylation sites (tertiary alicyclic amines) is 1. The van der Waals surface area contributed by atoms with E-state index >= 15 is 0 Å². The van der Waals surface area contributed by atoms with E-state index in [1.807, 2.05) is 18.2 Å². The molecule has 1 aromatic heterocycles. The molecule has 2 heterocycles. The number of amides is 1. The molecule has 126 valence electrons. The van der Waals surface area contributed by atoms with Gasteiger partial charge in [0.15, 0.2) is 0 Å². The number of hydrogen-bond donors (Lipinski definition) is 1. The van der Waals surface area contributed by atoms with Gasteiger partial charge in [-0.15, -0.1) is 0 Å². The lowest BCUT2D eigenvalue weighted by molar-refractivity contribution is -0.380. The highest BCUT2D eigenvalue weighted by atomic mass is 32.1. The van der Waals surface area contributed by atoms with Crippen LogP contribution in [0.3, 0.4) is 0 Å². The number of carbonyl (C=O) groups is 1. The van der Waals surface area contributed by atoms with Gasteiger partial charge >= 0.3 is 5.00 Å². The first kappa shape index (κ1) is 16.6. The maximum absolute atomic E-state index is 12.2. The molecule has 0 radical (unpaired) electrons. The molecule has 0 spiro atoms. The van der Waals surface area contributed by atoms with Crippen molar-refractivity contribution in [3.8, 4) is 0 Å². The minimum Gasteiger partial charge on any atom is -0.349 e. The van der Waals surface area contributed by atoms with E-state index in [0.29, 0.717) is 4.88 Å². The summed E-state index contributed by atoms with van der Waals surface area (Å²) in [5.74, 6) is -0.213. The molecule has 2 aromatic rings. The van der Waals surface area contributed by atoms with Gasteiger partial charge in [-0.25, -0.2) is 0 Å². The SMILES string of the molecule is O=C(NC1CCN(Cc2ccccc2)CC1)c1ccc([N+](=O)[O-])s1. The standard InChI is InChI=1S/C17H19N3O3S/c21-17(15-6-7-16(24-15)20(22)23)18-14-8-10-19(11-9-14)12-13-4-2-1-3-5-13/h1-7,14H,8-12H2,(H,18,21). The third kappa shape index (κ3) is 4.18. The Labute approximate surface area is 144 Å². The normalized spacial score (nSPS) is 16.0. The van der Waals surface area contributed by atoms with Crippen molar-refractivity contribution in [2.24, 2.45) is 0 Å². The lowest BCUT2D eigenvalue weighted by atomic mass is 10.0. The van der Waals surface area contributed by atoms with Gasteiger partial charge in [0.25, 0.3) is 5.91 Å². The Morgan fingerprint density at radius 1 is 1.21 bits per heavy atom. The van der Waals surface area contributed by atoms with Crippen LogP contribution >= 0.6 is 11.3 Å². The van der Waals surface area contributed by atoms with Gasteiger partial charge in [-0.1, -0.05) is 41.7 Å². The van der Waals surface area contributed by atoms with Crippen molar-refractivity contribution in [2.45, 2.75) is 25.4 Å². The van der Waals surface area contributed by atoms with Crippen LogP contribution in [-0.2, 0) is 6.54 Å². The summed E-state index contributed by atoms with van der Waals surface area (Å²) in [4.78, 5) is 25.2. The molecule has 24 heavy (non-hydrogen) atoms. The molecule has 1 saturated heterocycles. The average molecular weight is 345 g/mol.